The van der Waals surface area contributed by atoms with Crippen LogP contribution in [0.2, 0.25) is 0 Å². The van der Waals surface area contributed by atoms with Gasteiger partial charge in [-0.1, -0.05) is 6.92 Å². The number of piperidine rings is 1. The van der Waals surface area contributed by atoms with Crippen LogP contribution >= 0.6 is 0 Å². The summed E-state index contributed by atoms with van der Waals surface area (Å²) in [5, 5.41) is 0. The van der Waals surface area contributed by atoms with Gasteiger partial charge in [-0.25, -0.2) is 0 Å². The lowest BCUT2D eigenvalue weighted by Gasteiger charge is -2.37. The molecule has 3 nitrogen and oxygen atoms in total. The molecule has 100 valence electrons. The summed E-state index contributed by atoms with van der Waals surface area (Å²) in [5.74, 6) is 1.72. The molecule has 2 rings (SSSR count). The Labute approximate surface area is 110 Å². The van der Waals surface area contributed by atoms with Gasteiger partial charge in [0, 0.05) is 30.4 Å². The van der Waals surface area contributed by atoms with E-state index in [-0.39, 0.29) is 0 Å². The number of anilines is 1. The van der Waals surface area contributed by atoms with Gasteiger partial charge in [-0.15, -0.1) is 0 Å². The molecule has 1 saturated heterocycles. The monoisotopic (exact) mass is 248 g/mol. The van der Waals surface area contributed by atoms with Crippen molar-refractivity contribution in [2.45, 2.75) is 39.3 Å². The van der Waals surface area contributed by atoms with E-state index < -0.39 is 0 Å². The third kappa shape index (κ3) is 2.96. The first-order valence-electron chi connectivity index (χ1n) is 6.76. The molecule has 2 unspecified atom stereocenters. The lowest BCUT2D eigenvalue weighted by molar-refractivity contribution is 0.116. The van der Waals surface area contributed by atoms with Crippen molar-refractivity contribution in [2.75, 3.05) is 19.4 Å². The van der Waals surface area contributed by atoms with Crippen molar-refractivity contribution in [1.29, 1.82) is 0 Å². The molecule has 0 aliphatic carbocycles. The topological polar surface area (TPSA) is 38.5 Å². The van der Waals surface area contributed by atoms with Crippen molar-refractivity contribution < 1.29 is 4.74 Å². The number of likely N-dealkylation sites (tertiary alicyclic amines) is 1. The molecule has 0 amide bonds. The molecule has 1 aromatic rings. The van der Waals surface area contributed by atoms with E-state index in [0.29, 0.717) is 6.04 Å². The molecular weight excluding hydrogens is 224 g/mol. The lowest BCUT2D eigenvalue weighted by atomic mass is 9.94. The van der Waals surface area contributed by atoms with Crippen LogP contribution in [-0.2, 0) is 6.54 Å². The number of ether oxygens (including phenoxy) is 1. The van der Waals surface area contributed by atoms with Crippen LogP contribution in [0.25, 0.3) is 0 Å². The maximum Gasteiger partial charge on any atom is 0.123 e. The van der Waals surface area contributed by atoms with Crippen LogP contribution in [0.3, 0.4) is 0 Å². The fraction of sp³-hybridized carbons (Fsp3) is 0.600. The molecule has 1 aliphatic rings. The van der Waals surface area contributed by atoms with Crippen LogP contribution in [0.1, 0.15) is 32.3 Å². The third-order valence-corrected chi connectivity index (χ3v) is 3.92. The van der Waals surface area contributed by atoms with Crippen LogP contribution < -0.4 is 10.5 Å². The molecular formula is C15H24N2O. The van der Waals surface area contributed by atoms with Crippen LogP contribution in [-0.4, -0.2) is 24.6 Å². The second-order valence-electron chi connectivity index (χ2n) is 5.53. The smallest absolute Gasteiger partial charge is 0.123 e. The number of hydrogen-bond donors (Lipinski definition) is 1. The van der Waals surface area contributed by atoms with Crippen LogP contribution in [0.15, 0.2) is 18.2 Å². The van der Waals surface area contributed by atoms with Crippen LogP contribution in [0, 0.1) is 5.92 Å². The molecule has 1 fully saturated rings. The van der Waals surface area contributed by atoms with Gasteiger partial charge in [0.15, 0.2) is 0 Å². The predicted octanol–water partition coefficient (Wildman–Crippen LogP) is 2.90. The number of methoxy groups -OCH3 is 1. The van der Waals surface area contributed by atoms with Crippen LogP contribution in [0.4, 0.5) is 5.69 Å². The van der Waals surface area contributed by atoms with Gasteiger partial charge in [0.25, 0.3) is 0 Å². The van der Waals surface area contributed by atoms with Crippen molar-refractivity contribution >= 4 is 5.69 Å². The second kappa shape index (κ2) is 5.61. The highest BCUT2D eigenvalue weighted by atomic mass is 16.5. The number of nitrogens with zero attached hydrogens (tertiary/aromatic N) is 1. The third-order valence-electron chi connectivity index (χ3n) is 3.92. The Morgan fingerprint density at radius 2 is 2.11 bits per heavy atom. The largest absolute Gasteiger partial charge is 0.496 e. The molecule has 0 aromatic heterocycles. The number of nitrogen functional groups attached to an aromatic ring is 1. The standard InChI is InChI=1S/C15H24N2O/c1-11-4-5-12(2)17(9-11)10-13-8-14(16)6-7-15(13)18-3/h6-8,11-12H,4-5,9-10,16H2,1-3H3. The van der Waals surface area contributed by atoms with Gasteiger partial charge in [0.2, 0.25) is 0 Å². The molecule has 0 saturated carbocycles. The Kier molecular flexibility index (Phi) is 4.12. The Morgan fingerprint density at radius 3 is 2.83 bits per heavy atom. The predicted molar refractivity (Wildman–Crippen MR) is 75.7 cm³/mol. The van der Waals surface area contributed by atoms with E-state index in [0.717, 1.165) is 23.9 Å². The maximum absolute atomic E-state index is 5.88. The molecule has 1 aromatic carbocycles. The van der Waals surface area contributed by atoms with Gasteiger partial charge in [-0.05, 0) is 43.9 Å². The first-order valence-corrected chi connectivity index (χ1v) is 6.76. The molecule has 18 heavy (non-hydrogen) atoms. The van der Waals surface area contributed by atoms with E-state index >= 15 is 0 Å². The van der Waals surface area contributed by atoms with E-state index in [9.17, 15) is 0 Å². The second-order valence-corrected chi connectivity index (χ2v) is 5.53. The fourth-order valence-electron chi connectivity index (χ4n) is 2.74. The summed E-state index contributed by atoms with van der Waals surface area (Å²) in [5.41, 5.74) is 7.88. The molecule has 3 heteroatoms. The Morgan fingerprint density at radius 1 is 1.33 bits per heavy atom. The summed E-state index contributed by atoms with van der Waals surface area (Å²) in [7, 11) is 1.72. The van der Waals surface area contributed by atoms with Crippen molar-refractivity contribution in [3.05, 3.63) is 23.8 Å². The molecule has 2 atom stereocenters. The van der Waals surface area contributed by atoms with Gasteiger partial charge < -0.3 is 10.5 Å². The van der Waals surface area contributed by atoms with E-state index in [2.05, 4.69) is 18.7 Å². The van der Waals surface area contributed by atoms with Crippen molar-refractivity contribution in [2.24, 2.45) is 5.92 Å². The van der Waals surface area contributed by atoms with Gasteiger partial charge in [0.05, 0.1) is 7.11 Å². The minimum absolute atomic E-state index is 0.646. The van der Waals surface area contributed by atoms with Crippen molar-refractivity contribution in [3.8, 4) is 5.75 Å². The Hall–Kier alpha value is -1.22. The van der Waals surface area contributed by atoms with Gasteiger partial charge in [0.1, 0.15) is 5.75 Å². The molecule has 1 aliphatic heterocycles. The summed E-state index contributed by atoms with van der Waals surface area (Å²) in [4.78, 5) is 2.53. The minimum Gasteiger partial charge on any atom is -0.496 e. The van der Waals surface area contributed by atoms with Gasteiger partial charge in [-0.3, -0.25) is 4.90 Å². The van der Waals surface area contributed by atoms with Crippen molar-refractivity contribution in [3.63, 3.8) is 0 Å². The zero-order chi connectivity index (χ0) is 13.1. The average Bonchev–Trinajstić information content (AvgIpc) is 2.34. The summed E-state index contributed by atoms with van der Waals surface area (Å²) < 4.78 is 5.42. The number of benzene rings is 1. The summed E-state index contributed by atoms with van der Waals surface area (Å²) >= 11 is 0. The number of hydrogen-bond acceptors (Lipinski definition) is 3. The first kappa shape index (κ1) is 13.2. The molecule has 1 heterocycles. The quantitative estimate of drug-likeness (QED) is 0.836. The van der Waals surface area contributed by atoms with E-state index in [1.165, 1.54) is 24.9 Å². The highest BCUT2D eigenvalue weighted by Gasteiger charge is 2.23. The molecule has 2 N–H and O–H groups in total. The molecule has 0 bridgehead atoms. The number of nitrogens with two attached hydrogens (primary N) is 1. The Balaban J connectivity index is 2.14. The zero-order valence-corrected chi connectivity index (χ0v) is 11.6. The summed E-state index contributed by atoms with van der Waals surface area (Å²) in [6.07, 6.45) is 2.62. The lowest BCUT2D eigenvalue weighted by Crippen LogP contribution is -2.40. The van der Waals surface area contributed by atoms with Crippen molar-refractivity contribution in [1.82, 2.24) is 4.90 Å². The Bertz CT molecular complexity index is 405. The highest BCUT2D eigenvalue weighted by molar-refractivity contribution is 5.47. The highest BCUT2D eigenvalue weighted by Crippen LogP contribution is 2.27. The molecule has 0 spiro atoms. The van der Waals surface area contributed by atoms with Gasteiger partial charge in [-0.2, -0.15) is 0 Å². The summed E-state index contributed by atoms with van der Waals surface area (Å²) in [6, 6.07) is 6.53. The SMILES string of the molecule is COc1ccc(N)cc1CN1CC(C)CCC1C. The zero-order valence-electron chi connectivity index (χ0n) is 11.6. The van der Waals surface area contributed by atoms with E-state index in [4.69, 9.17) is 10.5 Å². The normalized spacial score (nSPS) is 25.1. The minimum atomic E-state index is 0.646. The van der Waals surface area contributed by atoms with E-state index in [1.54, 1.807) is 7.11 Å². The summed E-state index contributed by atoms with van der Waals surface area (Å²) in [6.45, 7) is 6.74. The van der Waals surface area contributed by atoms with E-state index in [1.807, 2.05) is 18.2 Å². The van der Waals surface area contributed by atoms with Gasteiger partial charge >= 0.3 is 0 Å². The maximum atomic E-state index is 5.88. The van der Waals surface area contributed by atoms with Crippen LogP contribution in [0.5, 0.6) is 5.75 Å². The first-order chi connectivity index (χ1) is 8.60. The fourth-order valence-corrected chi connectivity index (χ4v) is 2.74. The average molecular weight is 248 g/mol. The molecule has 0 radical (unpaired) electrons. The number of rotatable bonds is 3.